The van der Waals surface area contributed by atoms with Crippen molar-refractivity contribution in [1.29, 1.82) is 0 Å². The summed E-state index contributed by atoms with van der Waals surface area (Å²) in [6.07, 6.45) is 3.69. The predicted molar refractivity (Wildman–Crippen MR) is 54.5 cm³/mol. The minimum Gasteiger partial charge on any atom is -0.382 e. The van der Waals surface area contributed by atoms with E-state index in [1.807, 2.05) is 17.8 Å². The second-order valence-corrected chi connectivity index (χ2v) is 2.80. The largest absolute Gasteiger partial charge is 0.382 e. The number of aromatic nitrogens is 2. The Morgan fingerprint density at radius 3 is 3.00 bits per heavy atom. The van der Waals surface area contributed by atoms with E-state index < -0.39 is 0 Å². The Kier molecular flexibility index (Phi) is 5.03. The summed E-state index contributed by atoms with van der Waals surface area (Å²) in [7, 11) is 3.52. The second-order valence-electron chi connectivity index (χ2n) is 2.80. The molecule has 0 amide bonds. The Balaban J connectivity index is 2.17. The Labute approximate surface area is 84.0 Å². The highest BCUT2D eigenvalue weighted by molar-refractivity contribution is 5.23. The van der Waals surface area contributed by atoms with Crippen LogP contribution in [0.15, 0.2) is 12.4 Å². The van der Waals surface area contributed by atoms with Gasteiger partial charge in [0.25, 0.3) is 0 Å². The highest BCUT2D eigenvalue weighted by atomic mass is 16.5. The van der Waals surface area contributed by atoms with Gasteiger partial charge in [-0.15, -0.1) is 0 Å². The van der Waals surface area contributed by atoms with Crippen molar-refractivity contribution in [1.82, 2.24) is 9.55 Å². The van der Waals surface area contributed by atoms with Gasteiger partial charge in [0.1, 0.15) is 0 Å². The molecule has 0 radical (unpaired) electrons. The number of methoxy groups -OCH3 is 1. The van der Waals surface area contributed by atoms with E-state index in [2.05, 4.69) is 10.3 Å². The molecule has 1 rings (SSSR count). The summed E-state index contributed by atoms with van der Waals surface area (Å²) >= 11 is 0. The topological polar surface area (TPSA) is 48.3 Å². The van der Waals surface area contributed by atoms with Crippen LogP contribution >= 0.6 is 0 Å². The number of hydrogen-bond acceptors (Lipinski definition) is 4. The van der Waals surface area contributed by atoms with Gasteiger partial charge in [0.05, 0.1) is 19.8 Å². The van der Waals surface area contributed by atoms with Crippen LogP contribution in [0, 0.1) is 0 Å². The van der Waals surface area contributed by atoms with Crippen molar-refractivity contribution < 1.29 is 9.47 Å². The fourth-order valence-electron chi connectivity index (χ4n) is 1.12. The number of nitrogens with zero attached hydrogens (tertiary/aromatic N) is 2. The molecule has 0 aliphatic rings. The summed E-state index contributed by atoms with van der Waals surface area (Å²) in [6.45, 7) is 2.76. The number of imidazole rings is 1. The minimum atomic E-state index is 0.639. The SMILES string of the molecule is CNc1nccn1CCOCCOC. The molecule has 0 bridgehead atoms. The normalized spacial score (nSPS) is 10.4. The van der Waals surface area contributed by atoms with Crippen LogP contribution in [-0.4, -0.2) is 43.5 Å². The Bertz CT molecular complexity index is 250. The van der Waals surface area contributed by atoms with Crippen molar-refractivity contribution in [3.8, 4) is 0 Å². The average molecular weight is 199 g/mol. The maximum atomic E-state index is 5.35. The fourth-order valence-corrected chi connectivity index (χ4v) is 1.12. The van der Waals surface area contributed by atoms with E-state index in [9.17, 15) is 0 Å². The molecule has 5 heteroatoms. The number of anilines is 1. The van der Waals surface area contributed by atoms with E-state index >= 15 is 0 Å². The van der Waals surface area contributed by atoms with Crippen LogP contribution in [0.5, 0.6) is 0 Å². The van der Waals surface area contributed by atoms with Crippen molar-refractivity contribution in [3.63, 3.8) is 0 Å². The van der Waals surface area contributed by atoms with E-state index in [4.69, 9.17) is 9.47 Å². The molecule has 0 saturated heterocycles. The van der Waals surface area contributed by atoms with Crippen molar-refractivity contribution >= 4 is 5.95 Å². The lowest BCUT2D eigenvalue weighted by Gasteiger charge is -2.07. The molecule has 0 aliphatic carbocycles. The first-order chi connectivity index (χ1) is 6.88. The molecule has 0 atom stereocenters. The molecule has 5 nitrogen and oxygen atoms in total. The zero-order valence-corrected chi connectivity index (χ0v) is 8.69. The maximum absolute atomic E-state index is 5.35. The van der Waals surface area contributed by atoms with Gasteiger partial charge in [-0.3, -0.25) is 0 Å². The molecular weight excluding hydrogens is 182 g/mol. The van der Waals surface area contributed by atoms with Gasteiger partial charge in [-0.1, -0.05) is 0 Å². The van der Waals surface area contributed by atoms with Crippen molar-refractivity contribution in [2.24, 2.45) is 0 Å². The zero-order valence-electron chi connectivity index (χ0n) is 8.69. The first-order valence-corrected chi connectivity index (χ1v) is 4.64. The molecule has 0 spiro atoms. The number of hydrogen-bond donors (Lipinski definition) is 1. The van der Waals surface area contributed by atoms with E-state index in [1.54, 1.807) is 13.3 Å². The molecule has 1 aromatic heterocycles. The highest BCUT2D eigenvalue weighted by Gasteiger charge is 1.98. The maximum Gasteiger partial charge on any atom is 0.202 e. The van der Waals surface area contributed by atoms with Crippen molar-refractivity contribution in [2.75, 3.05) is 39.3 Å². The molecule has 0 fully saturated rings. The molecule has 0 aliphatic heterocycles. The van der Waals surface area contributed by atoms with Gasteiger partial charge in [-0.05, 0) is 0 Å². The van der Waals surface area contributed by atoms with E-state index in [0.717, 1.165) is 12.5 Å². The third kappa shape index (κ3) is 3.35. The lowest BCUT2D eigenvalue weighted by atomic mass is 10.6. The quantitative estimate of drug-likeness (QED) is 0.653. The summed E-state index contributed by atoms with van der Waals surface area (Å²) in [5.41, 5.74) is 0. The van der Waals surface area contributed by atoms with E-state index in [0.29, 0.717) is 19.8 Å². The molecule has 14 heavy (non-hydrogen) atoms. The second kappa shape index (κ2) is 6.39. The van der Waals surface area contributed by atoms with E-state index in [-0.39, 0.29) is 0 Å². The van der Waals surface area contributed by atoms with Crippen LogP contribution in [-0.2, 0) is 16.0 Å². The van der Waals surface area contributed by atoms with Crippen molar-refractivity contribution in [3.05, 3.63) is 12.4 Å². The van der Waals surface area contributed by atoms with Gasteiger partial charge in [-0.2, -0.15) is 0 Å². The van der Waals surface area contributed by atoms with Crippen LogP contribution in [0.1, 0.15) is 0 Å². The molecular formula is C9H17N3O2. The average Bonchev–Trinajstić information content (AvgIpc) is 2.65. The number of ether oxygens (including phenoxy) is 2. The van der Waals surface area contributed by atoms with Gasteiger partial charge < -0.3 is 19.4 Å². The standard InChI is InChI=1S/C9H17N3O2/c1-10-9-11-3-4-12(9)5-6-14-8-7-13-2/h3-4H,5-8H2,1-2H3,(H,10,11). The summed E-state index contributed by atoms with van der Waals surface area (Å²) in [5.74, 6) is 0.861. The van der Waals surface area contributed by atoms with Gasteiger partial charge in [0, 0.05) is 33.1 Å². The number of nitrogens with one attached hydrogen (secondary N) is 1. The van der Waals surface area contributed by atoms with Crippen LogP contribution in [0.2, 0.25) is 0 Å². The van der Waals surface area contributed by atoms with Crippen LogP contribution in [0.3, 0.4) is 0 Å². The summed E-state index contributed by atoms with van der Waals surface area (Å²) < 4.78 is 12.2. The van der Waals surface area contributed by atoms with Crippen molar-refractivity contribution in [2.45, 2.75) is 6.54 Å². The smallest absolute Gasteiger partial charge is 0.202 e. The molecule has 1 N–H and O–H groups in total. The van der Waals surface area contributed by atoms with Crippen LogP contribution in [0.4, 0.5) is 5.95 Å². The summed E-state index contributed by atoms with van der Waals surface area (Å²) in [4.78, 5) is 4.12. The third-order valence-corrected chi connectivity index (χ3v) is 1.85. The third-order valence-electron chi connectivity index (χ3n) is 1.85. The van der Waals surface area contributed by atoms with Gasteiger partial charge in [0.15, 0.2) is 0 Å². The fraction of sp³-hybridized carbons (Fsp3) is 0.667. The van der Waals surface area contributed by atoms with Crippen LogP contribution < -0.4 is 5.32 Å². The lowest BCUT2D eigenvalue weighted by molar-refractivity contribution is 0.0668. The summed E-state index contributed by atoms with van der Waals surface area (Å²) in [6, 6.07) is 0. The molecule has 1 heterocycles. The molecule has 1 aromatic rings. The lowest BCUT2D eigenvalue weighted by Crippen LogP contribution is -2.10. The van der Waals surface area contributed by atoms with Gasteiger partial charge in [0.2, 0.25) is 5.95 Å². The first-order valence-electron chi connectivity index (χ1n) is 4.64. The first kappa shape index (κ1) is 11.0. The molecule has 0 aromatic carbocycles. The Hall–Kier alpha value is -1.07. The van der Waals surface area contributed by atoms with Gasteiger partial charge in [-0.25, -0.2) is 4.98 Å². The Morgan fingerprint density at radius 2 is 2.29 bits per heavy atom. The van der Waals surface area contributed by atoms with Gasteiger partial charge >= 0.3 is 0 Å². The Morgan fingerprint density at radius 1 is 1.43 bits per heavy atom. The molecule has 0 saturated carbocycles. The van der Waals surface area contributed by atoms with Crippen LogP contribution in [0.25, 0.3) is 0 Å². The number of rotatable bonds is 7. The predicted octanol–water partition coefficient (Wildman–Crippen LogP) is 0.588. The van der Waals surface area contributed by atoms with E-state index in [1.165, 1.54) is 0 Å². The minimum absolute atomic E-state index is 0.639. The molecule has 80 valence electrons. The summed E-state index contributed by atoms with van der Waals surface area (Å²) in [5, 5.41) is 3.00. The molecule has 0 unspecified atom stereocenters. The monoisotopic (exact) mass is 199 g/mol. The zero-order chi connectivity index (χ0) is 10.2. The highest BCUT2D eigenvalue weighted by Crippen LogP contribution is 2.01.